The van der Waals surface area contributed by atoms with Crippen LogP contribution in [0.2, 0.25) is 0 Å². The molecule has 0 spiro atoms. The molecule has 10 heteroatoms. The van der Waals surface area contributed by atoms with Crippen molar-refractivity contribution in [3.63, 3.8) is 0 Å². The number of anilines is 2. The van der Waals surface area contributed by atoms with Crippen molar-refractivity contribution in [1.29, 1.82) is 0 Å². The van der Waals surface area contributed by atoms with E-state index in [2.05, 4.69) is 36.1 Å². The second kappa shape index (κ2) is 7.43. The summed E-state index contributed by atoms with van der Waals surface area (Å²) >= 11 is 0. The number of aryl methyl sites for hydroxylation is 2. The van der Waals surface area contributed by atoms with Crippen molar-refractivity contribution in [3.8, 4) is 11.4 Å². The van der Waals surface area contributed by atoms with Crippen molar-refractivity contribution in [1.82, 2.24) is 35.4 Å². The minimum atomic E-state index is -0.436. The number of hydrogen-bond donors (Lipinski definition) is 4. The molecule has 0 unspecified atom stereocenters. The summed E-state index contributed by atoms with van der Waals surface area (Å²) in [5.74, 6) is 0.00388. The van der Waals surface area contributed by atoms with Crippen LogP contribution >= 0.6 is 0 Å². The van der Waals surface area contributed by atoms with Crippen molar-refractivity contribution < 1.29 is 9.59 Å². The van der Waals surface area contributed by atoms with Crippen LogP contribution in [0.1, 0.15) is 16.1 Å². The van der Waals surface area contributed by atoms with E-state index in [4.69, 9.17) is 0 Å². The first-order chi connectivity index (χ1) is 14.0. The van der Waals surface area contributed by atoms with E-state index < -0.39 is 5.91 Å². The van der Waals surface area contributed by atoms with Crippen LogP contribution < -0.4 is 16.2 Å². The number of aromatic nitrogens is 5. The van der Waals surface area contributed by atoms with Gasteiger partial charge >= 0.3 is 0 Å². The number of rotatable bonds is 6. The van der Waals surface area contributed by atoms with Gasteiger partial charge in [0.25, 0.3) is 5.91 Å². The van der Waals surface area contributed by atoms with Crippen LogP contribution in [-0.4, -0.2) is 36.8 Å². The molecule has 0 bridgehead atoms. The normalized spacial score (nSPS) is 10.7. The molecule has 3 aromatic heterocycles. The predicted octanol–water partition coefficient (Wildman–Crippen LogP) is 1.80. The smallest absolute Gasteiger partial charge is 0.286 e. The Kier molecular flexibility index (Phi) is 4.65. The molecule has 0 saturated heterocycles. The Labute approximate surface area is 165 Å². The van der Waals surface area contributed by atoms with Crippen LogP contribution in [0, 0.1) is 6.92 Å². The molecular weight excluding hydrogens is 372 g/mol. The molecule has 4 rings (SSSR count). The van der Waals surface area contributed by atoms with E-state index in [1.807, 2.05) is 36.9 Å². The molecule has 146 valence electrons. The lowest BCUT2D eigenvalue weighted by molar-refractivity contribution is -0.110. The molecule has 3 heterocycles. The fraction of sp³-hybridized carbons (Fsp3) is 0.105. The molecule has 0 saturated carbocycles. The first-order valence-electron chi connectivity index (χ1n) is 8.75. The summed E-state index contributed by atoms with van der Waals surface area (Å²) in [6, 6.07) is 7.33. The van der Waals surface area contributed by atoms with Gasteiger partial charge in [0.1, 0.15) is 11.4 Å². The Morgan fingerprint density at radius 1 is 1.21 bits per heavy atom. The molecule has 1 aromatic carbocycles. The Balaban J connectivity index is 1.61. The fourth-order valence-corrected chi connectivity index (χ4v) is 3.02. The number of hydrazine groups is 1. The Morgan fingerprint density at radius 2 is 2.07 bits per heavy atom. The lowest BCUT2D eigenvalue weighted by atomic mass is 10.1. The SMILES string of the molecule is Cc1cc(Nc2nccc(-c3cn(C)cn3)n2)cc2cc(C(=O)NNC=O)[nH]c12. The highest BCUT2D eigenvalue weighted by molar-refractivity contribution is 5.99. The van der Waals surface area contributed by atoms with Gasteiger partial charge in [0.15, 0.2) is 0 Å². The zero-order chi connectivity index (χ0) is 20.4. The maximum absolute atomic E-state index is 12.0. The summed E-state index contributed by atoms with van der Waals surface area (Å²) in [7, 11) is 1.90. The van der Waals surface area contributed by atoms with E-state index in [0.717, 1.165) is 27.8 Å². The number of nitrogens with one attached hydrogen (secondary N) is 4. The highest BCUT2D eigenvalue weighted by Crippen LogP contribution is 2.26. The maximum Gasteiger partial charge on any atom is 0.286 e. The minimum absolute atomic E-state index is 0.336. The number of amides is 2. The lowest BCUT2D eigenvalue weighted by Crippen LogP contribution is -2.36. The van der Waals surface area contributed by atoms with Gasteiger partial charge in [-0.25, -0.2) is 15.0 Å². The van der Waals surface area contributed by atoms with Crippen molar-refractivity contribution in [2.24, 2.45) is 7.05 Å². The van der Waals surface area contributed by atoms with Crippen molar-refractivity contribution in [2.45, 2.75) is 6.92 Å². The average Bonchev–Trinajstić information content (AvgIpc) is 3.33. The summed E-state index contributed by atoms with van der Waals surface area (Å²) in [5.41, 5.74) is 8.77. The van der Waals surface area contributed by atoms with Gasteiger partial charge in [-0.05, 0) is 36.8 Å². The third kappa shape index (κ3) is 3.76. The zero-order valence-corrected chi connectivity index (χ0v) is 15.7. The van der Waals surface area contributed by atoms with Crippen molar-refractivity contribution >= 4 is 34.9 Å². The van der Waals surface area contributed by atoms with E-state index in [1.54, 1.807) is 24.7 Å². The largest absolute Gasteiger partial charge is 0.350 e. The summed E-state index contributed by atoms with van der Waals surface area (Å²) in [5, 5.41) is 4.03. The monoisotopic (exact) mass is 390 g/mol. The lowest BCUT2D eigenvalue weighted by Gasteiger charge is -2.07. The van der Waals surface area contributed by atoms with E-state index in [1.165, 1.54) is 0 Å². The molecule has 2 amide bonds. The first kappa shape index (κ1) is 18.2. The molecule has 0 aliphatic heterocycles. The number of fused-ring (bicyclic) bond motifs is 1. The highest BCUT2D eigenvalue weighted by Gasteiger charge is 2.12. The summed E-state index contributed by atoms with van der Waals surface area (Å²) in [6.45, 7) is 1.93. The average molecular weight is 390 g/mol. The van der Waals surface area contributed by atoms with Gasteiger partial charge in [-0.2, -0.15) is 0 Å². The minimum Gasteiger partial charge on any atom is -0.350 e. The van der Waals surface area contributed by atoms with Gasteiger partial charge < -0.3 is 14.9 Å². The molecule has 4 aromatic rings. The number of imidazole rings is 1. The fourth-order valence-electron chi connectivity index (χ4n) is 3.02. The van der Waals surface area contributed by atoms with Crippen molar-refractivity contribution in [3.05, 3.63) is 54.2 Å². The summed E-state index contributed by atoms with van der Waals surface area (Å²) in [4.78, 5) is 38.5. The second-order valence-electron chi connectivity index (χ2n) is 6.47. The third-order valence-corrected chi connectivity index (χ3v) is 4.29. The van der Waals surface area contributed by atoms with E-state index >= 15 is 0 Å². The predicted molar refractivity (Wildman–Crippen MR) is 107 cm³/mol. The van der Waals surface area contributed by atoms with Crippen LogP contribution in [0.15, 0.2) is 43.0 Å². The molecule has 0 aliphatic carbocycles. The molecule has 29 heavy (non-hydrogen) atoms. The Morgan fingerprint density at radius 3 is 2.83 bits per heavy atom. The zero-order valence-electron chi connectivity index (χ0n) is 15.7. The number of aromatic amines is 1. The Bertz CT molecular complexity index is 1210. The molecule has 0 aliphatic rings. The van der Waals surface area contributed by atoms with Crippen LogP contribution in [0.5, 0.6) is 0 Å². The van der Waals surface area contributed by atoms with Gasteiger partial charge in [-0.3, -0.25) is 20.4 Å². The Hall–Kier alpha value is -4.21. The quantitative estimate of drug-likeness (QED) is 0.293. The van der Waals surface area contributed by atoms with Gasteiger partial charge in [-0.15, -0.1) is 0 Å². The third-order valence-electron chi connectivity index (χ3n) is 4.29. The second-order valence-corrected chi connectivity index (χ2v) is 6.47. The highest BCUT2D eigenvalue weighted by atomic mass is 16.2. The number of benzene rings is 1. The topological polar surface area (TPSA) is 130 Å². The summed E-state index contributed by atoms with van der Waals surface area (Å²) < 4.78 is 1.85. The maximum atomic E-state index is 12.0. The number of H-pyrrole nitrogens is 1. The van der Waals surface area contributed by atoms with E-state index in [0.29, 0.717) is 23.7 Å². The van der Waals surface area contributed by atoms with Gasteiger partial charge in [0, 0.05) is 36.0 Å². The molecular formula is C19H18N8O2. The number of hydrogen-bond acceptors (Lipinski definition) is 6. The molecule has 0 radical (unpaired) electrons. The van der Waals surface area contributed by atoms with Crippen LogP contribution in [0.3, 0.4) is 0 Å². The van der Waals surface area contributed by atoms with E-state index in [-0.39, 0.29) is 0 Å². The van der Waals surface area contributed by atoms with Crippen LogP contribution in [0.4, 0.5) is 11.6 Å². The van der Waals surface area contributed by atoms with Crippen molar-refractivity contribution in [2.75, 3.05) is 5.32 Å². The number of nitrogens with zero attached hydrogens (tertiary/aromatic N) is 4. The van der Waals surface area contributed by atoms with Crippen LogP contribution in [-0.2, 0) is 11.8 Å². The number of carbonyl (C=O) groups excluding carboxylic acids is 2. The molecule has 4 N–H and O–H groups in total. The molecule has 10 nitrogen and oxygen atoms in total. The summed E-state index contributed by atoms with van der Waals surface area (Å²) in [6.07, 6.45) is 5.66. The van der Waals surface area contributed by atoms with E-state index in [9.17, 15) is 9.59 Å². The van der Waals surface area contributed by atoms with Crippen LogP contribution in [0.25, 0.3) is 22.3 Å². The standard InChI is InChI=1S/C19H18N8O2/c1-11-5-13(6-12-7-15(24-17(11)12)18(29)26-22-10-28)23-19-20-4-3-14(25-19)16-8-27(2)9-21-16/h3-10,24H,1-2H3,(H,22,28)(H,26,29)(H,20,23,25). The molecule has 0 atom stereocenters. The first-order valence-corrected chi connectivity index (χ1v) is 8.75. The van der Waals surface area contributed by atoms with Gasteiger partial charge in [0.05, 0.1) is 12.0 Å². The number of carbonyl (C=O) groups is 2. The van der Waals surface area contributed by atoms with Gasteiger partial charge in [0.2, 0.25) is 12.4 Å². The van der Waals surface area contributed by atoms with Gasteiger partial charge in [-0.1, -0.05) is 0 Å². The molecule has 0 fully saturated rings.